The summed E-state index contributed by atoms with van der Waals surface area (Å²) in [7, 11) is 6.42. The van der Waals surface area contributed by atoms with Crippen molar-refractivity contribution in [2.45, 2.75) is 60.3 Å². The van der Waals surface area contributed by atoms with Crippen molar-refractivity contribution in [3.8, 4) is 22.5 Å². The van der Waals surface area contributed by atoms with Gasteiger partial charge in [-0.15, -0.1) is 0 Å². The normalized spacial score (nSPS) is 14.7. The van der Waals surface area contributed by atoms with E-state index in [1.54, 1.807) is 0 Å². The molecule has 55 heavy (non-hydrogen) atoms. The molecular formula is C44H55N11. The van der Waals surface area contributed by atoms with E-state index >= 15 is 0 Å². The minimum Gasteiger partial charge on any atom is -0.354 e. The third kappa shape index (κ3) is 7.69. The van der Waals surface area contributed by atoms with Crippen LogP contribution in [-0.2, 0) is 19.5 Å². The first-order valence-corrected chi connectivity index (χ1v) is 19.5. The standard InChI is InChI=1S/C44H55N11/c1-26(2)20-45-21-28-9-11-34-30(15-28)17-36(51-34)33-13-14-47-43-41(33)55(8)38(53-43)19-32-23-48-42-40(49-27(3)50-42)39(32)37-18-31-16-29(10-12-35(31)52-37)22-46-24-44(4,5)25-54(6)7/h9-18,23,26,38,45-46,51-52H,19-22,24-25H2,1-8H3,(H,47,53)(H,48,49,50). The molecule has 2 aromatic carbocycles. The van der Waals surface area contributed by atoms with Crippen LogP contribution in [0.1, 0.15) is 50.2 Å². The van der Waals surface area contributed by atoms with E-state index < -0.39 is 0 Å². The zero-order valence-corrected chi connectivity index (χ0v) is 33.5. The van der Waals surface area contributed by atoms with Gasteiger partial charge in [-0.25, -0.2) is 15.0 Å². The molecule has 0 fully saturated rings. The minimum absolute atomic E-state index is 0.0347. The predicted octanol–water partition coefficient (Wildman–Crippen LogP) is 7.81. The maximum atomic E-state index is 4.83. The predicted molar refractivity (Wildman–Crippen MR) is 228 cm³/mol. The van der Waals surface area contributed by atoms with Crippen molar-refractivity contribution in [1.82, 2.24) is 45.4 Å². The minimum atomic E-state index is -0.0347. The summed E-state index contributed by atoms with van der Waals surface area (Å²) in [6.45, 7) is 15.8. The summed E-state index contributed by atoms with van der Waals surface area (Å²) >= 11 is 0. The van der Waals surface area contributed by atoms with Crippen LogP contribution < -0.4 is 20.9 Å². The molecule has 6 heterocycles. The number of likely N-dealkylation sites (N-methyl/N-ethyl adjacent to an activating group) is 1. The number of imidazole rings is 1. The number of aromatic amines is 3. The van der Waals surface area contributed by atoms with Gasteiger partial charge in [-0.05, 0) is 98.1 Å². The van der Waals surface area contributed by atoms with Gasteiger partial charge in [0.15, 0.2) is 11.5 Å². The van der Waals surface area contributed by atoms with Gasteiger partial charge >= 0.3 is 0 Å². The summed E-state index contributed by atoms with van der Waals surface area (Å²) < 4.78 is 0. The molecule has 0 radical (unpaired) electrons. The molecule has 0 bridgehead atoms. The highest BCUT2D eigenvalue weighted by Crippen LogP contribution is 2.42. The van der Waals surface area contributed by atoms with Crippen molar-refractivity contribution in [3.63, 3.8) is 0 Å². The van der Waals surface area contributed by atoms with Gasteiger partial charge in [0.05, 0.1) is 11.2 Å². The molecule has 6 N–H and O–H groups in total. The van der Waals surface area contributed by atoms with E-state index in [1.807, 2.05) is 19.3 Å². The molecular weight excluding hydrogens is 683 g/mol. The fraction of sp³-hybridized carbons (Fsp3) is 0.386. The lowest BCUT2D eigenvalue weighted by molar-refractivity contribution is 0.232. The third-order valence-corrected chi connectivity index (χ3v) is 10.7. The molecule has 286 valence electrons. The van der Waals surface area contributed by atoms with Crippen LogP contribution >= 0.6 is 0 Å². The zero-order valence-electron chi connectivity index (χ0n) is 33.5. The van der Waals surface area contributed by atoms with Crippen molar-refractivity contribution < 1.29 is 0 Å². The van der Waals surface area contributed by atoms with Crippen LogP contribution in [0.2, 0.25) is 0 Å². The monoisotopic (exact) mass is 737 g/mol. The molecule has 1 unspecified atom stereocenters. The molecule has 7 aromatic rings. The van der Waals surface area contributed by atoms with E-state index in [4.69, 9.17) is 15.0 Å². The number of rotatable bonds is 14. The van der Waals surface area contributed by atoms with Gasteiger partial charge in [-0.2, -0.15) is 0 Å². The van der Waals surface area contributed by atoms with Crippen LogP contribution in [0, 0.1) is 18.3 Å². The Morgan fingerprint density at radius 2 is 1.56 bits per heavy atom. The van der Waals surface area contributed by atoms with E-state index in [-0.39, 0.29) is 11.6 Å². The van der Waals surface area contributed by atoms with Crippen molar-refractivity contribution in [3.05, 3.63) is 89.5 Å². The van der Waals surface area contributed by atoms with Gasteiger partial charge < -0.3 is 40.7 Å². The Morgan fingerprint density at radius 3 is 2.27 bits per heavy atom. The number of pyridine rings is 2. The number of aryl methyl sites for hydroxylation is 1. The molecule has 11 heteroatoms. The maximum absolute atomic E-state index is 4.83. The van der Waals surface area contributed by atoms with Gasteiger partial charge in [-0.3, -0.25) is 0 Å². The second-order valence-electron chi connectivity index (χ2n) is 16.9. The number of aromatic nitrogens is 6. The summed E-state index contributed by atoms with van der Waals surface area (Å²) in [5.74, 6) is 2.35. The second-order valence-corrected chi connectivity index (χ2v) is 16.9. The summed E-state index contributed by atoms with van der Waals surface area (Å²) in [6, 6.07) is 20.0. The van der Waals surface area contributed by atoms with E-state index in [0.717, 1.165) is 100 Å². The highest BCUT2D eigenvalue weighted by atomic mass is 15.3. The van der Waals surface area contributed by atoms with Crippen LogP contribution in [0.15, 0.2) is 67.0 Å². The summed E-state index contributed by atoms with van der Waals surface area (Å²) in [5.41, 5.74) is 13.2. The molecule has 1 atom stereocenters. The van der Waals surface area contributed by atoms with Gasteiger partial charge in [0, 0.05) is 96.4 Å². The summed E-state index contributed by atoms with van der Waals surface area (Å²) in [4.78, 5) is 29.9. The van der Waals surface area contributed by atoms with Gasteiger partial charge in [0.2, 0.25) is 0 Å². The first-order valence-electron chi connectivity index (χ1n) is 19.5. The third-order valence-electron chi connectivity index (χ3n) is 10.7. The van der Waals surface area contributed by atoms with Crippen LogP contribution in [0.4, 0.5) is 11.5 Å². The number of nitrogens with zero attached hydrogens (tertiary/aromatic N) is 5. The molecule has 8 rings (SSSR count). The van der Waals surface area contributed by atoms with E-state index in [0.29, 0.717) is 12.3 Å². The number of fused-ring (bicyclic) bond motifs is 4. The summed E-state index contributed by atoms with van der Waals surface area (Å²) in [5, 5.41) is 13.4. The van der Waals surface area contributed by atoms with Gasteiger partial charge in [0.25, 0.3) is 0 Å². The second kappa shape index (κ2) is 14.8. The van der Waals surface area contributed by atoms with E-state index in [2.05, 4.69) is 144 Å². The maximum Gasteiger partial charge on any atom is 0.178 e. The average Bonchev–Trinajstić information content (AvgIpc) is 3.90. The smallest absolute Gasteiger partial charge is 0.178 e. The Kier molecular flexibility index (Phi) is 9.87. The molecule has 5 aromatic heterocycles. The lowest BCUT2D eigenvalue weighted by Gasteiger charge is -2.28. The molecule has 0 saturated heterocycles. The lowest BCUT2D eigenvalue weighted by atomic mass is 9.93. The van der Waals surface area contributed by atoms with Crippen molar-refractivity contribution in [1.29, 1.82) is 0 Å². The van der Waals surface area contributed by atoms with Crippen molar-refractivity contribution >= 4 is 44.5 Å². The van der Waals surface area contributed by atoms with E-state index in [1.165, 1.54) is 21.9 Å². The fourth-order valence-electron chi connectivity index (χ4n) is 8.34. The molecule has 1 aliphatic rings. The van der Waals surface area contributed by atoms with Crippen LogP contribution in [0.25, 0.3) is 55.5 Å². The Bertz CT molecular complexity index is 2470. The number of hydrogen-bond acceptors (Lipinski definition) is 8. The molecule has 1 aliphatic heterocycles. The summed E-state index contributed by atoms with van der Waals surface area (Å²) in [6.07, 6.45) is 4.56. The number of H-pyrrole nitrogens is 3. The molecule has 0 saturated carbocycles. The number of benzene rings is 2. The SMILES string of the molecule is Cc1nc2ncc(CC3Nc4nccc(-c5cc6cc(CNCC(C)C)ccc6[nH]5)c4N3C)c(-c3cc4cc(CNCC(C)(C)CN(C)C)ccc4[nH]3)c2[nH]1. The number of anilines is 2. The largest absolute Gasteiger partial charge is 0.354 e. The van der Waals surface area contributed by atoms with Crippen LogP contribution in [0.5, 0.6) is 0 Å². The van der Waals surface area contributed by atoms with Crippen LogP contribution in [-0.4, -0.2) is 81.7 Å². The number of nitrogens with one attached hydrogen (secondary N) is 6. The zero-order chi connectivity index (χ0) is 38.4. The van der Waals surface area contributed by atoms with Gasteiger partial charge in [-0.1, -0.05) is 39.8 Å². The Hall–Kier alpha value is -5.23. The topological polar surface area (TPSA) is 129 Å². The number of hydrogen-bond donors (Lipinski definition) is 6. The molecule has 0 amide bonds. The van der Waals surface area contributed by atoms with Gasteiger partial charge in [0.1, 0.15) is 12.0 Å². The van der Waals surface area contributed by atoms with Crippen molar-refractivity contribution in [2.75, 3.05) is 51.0 Å². The first-order chi connectivity index (χ1) is 26.4. The van der Waals surface area contributed by atoms with Crippen molar-refractivity contribution in [2.24, 2.45) is 11.3 Å². The average molecular weight is 738 g/mol. The van der Waals surface area contributed by atoms with E-state index in [9.17, 15) is 0 Å². The Morgan fingerprint density at radius 1 is 0.873 bits per heavy atom. The fourth-order valence-corrected chi connectivity index (χ4v) is 8.34. The highest BCUT2D eigenvalue weighted by Gasteiger charge is 2.32. The Balaban J connectivity index is 1.06. The molecule has 11 nitrogen and oxygen atoms in total. The molecule has 0 aliphatic carbocycles. The quantitative estimate of drug-likeness (QED) is 0.0668. The van der Waals surface area contributed by atoms with Crippen LogP contribution in [0.3, 0.4) is 0 Å². The molecule has 0 spiro atoms. The Labute approximate surface area is 323 Å². The first kappa shape index (κ1) is 36.7. The lowest BCUT2D eigenvalue weighted by Crippen LogP contribution is -2.37. The highest BCUT2D eigenvalue weighted by molar-refractivity contribution is 5.96.